The second-order valence-electron chi connectivity index (χ2n) is 7.51. The lowest BCUT2D eigenvalue weighted by molar-refractivity contribution is 0.306. The first-order valence-corrected chi connectivity index (χ1v) is 10.1. The normalized spacial score (nSPS) is 14.0. The minimum Gasteiger partial charge on any atom is -0.509 e. The smallest absolute Gasteiger partial charge is 0.148 e. The molecule has 0 amide bonds. The van der Waals surface area contributed by atoms with E-state index in [-0.39, 0.29) is 18.1 Å². The molecule has 2 heterocycles. The van der Waals surface area contributed by atoms with Gasteiger partial charge < -0.3 is 19.3 Å². The number of amidine groups is 1. The first-order valence-electron chi connectivity index (χ1n) is 10.1. The number of hydrogen-bond donors (Lipinski definition) is 2. The highest BCUT2D eigenvalue weighted by molar-refractivity contribution is 6.30. The number of para-hydroxylation sites is 2. The zero-order valence-corrected chi connectivity index (χ0v) is 17.1. The van der Waals surface area contributed by atoms with Crippen LogP contribution in [0, 0.1) is 5.41 Å². The molecule has 154 valence electrons. The summed E-state index contributed by atoms with van der Waals surface area (Å²) in [7, 11) is 1.90. The van der Waals surface area contributed by atoms with Gasteiger partial charge in [0.2, 0.25) is 0 Å². The van der Waals surface area contributed by atoms with Crippen molar-refractivity contribution >= 4 is 28.1 Å². The topological polar surface area (TPSA) is 74.4 Å². The van der Waals surface area contributed by atoms with Gasteiger partial charge in [-0.1, -0.05) is 48.5 Å². The molecule has 0 fully saturated rings. The Labute approximate surface area is 180 Å². The van der Waals surface area contributed by atoms with Gasteiger partial charge in [0.15, 0.2) is 0 Å². The summed E-state index contributed by atoms with van der Waals surface area (Å²) >= 11 is 0. The van der Waals surface area contributed by atoms with E-state index < -0.39 is 0 Å². The Morgan fingerprint density at radius 1 is 1.00 bits per heavy atom. The van der Waals surface area contributed by atoms with Gasteiger partial charge in [-0.15, -0.1) is 0 Å². The van der Waals surface area contributed by atoms with Gasteiger partial charge in [-0.2, -0.15) is 0 Å². The molecule has 0 spiro atoms. The average molecular weight is 410 g/mol. The van der Waals surface area contributed by atoms with Crippen LogP contribution >= 0.6 is 0 Å². The fourth-order valence-electron chi connectivity index (χ4n) is 3.89. The molecular formula is C25H22N4O2. The molecule has 1 aliphatic heterocycles. The van der Waals surface area contributed by atoms with Crippen LogP contribution in [0.3, 0.4) is 0 Å². The standard InChI is InChI=1S/C25H22N4O2/c1-28-21-13-6-5-12-20(21)27-25(28)23-22(30)15-29(24(23)26)18-10-7-11-19(14-18)31-16-17-8-3-2-4-9-17/h2-14,26,30H,15-16H2,1H3. The van der Waals surface area contributed by atoms with E-state index in [9.17, 15) is 5.11 Å². The molecule has 6 nitrogen and oxygen atoms in total. The van der Waals surface area contributed by atoms with Crippen LogP contribution in [-0.4, -0.2) is 27.0 Å². The predicted octanol–water partition coefficient (Wildman–Crippen LogP) is 4.92. The zero-order chi connectivity index (χ0) is 21.4. The molecule has 0 radical (unpaired) electrons. The Bertz CT molecular complexity index is 1310. The number of anilines is 1. The van der Waals surface area contributed by atoms with Crippen molar-refractivity contribution in [3.63, 3.8) is 0 Å². The minimum atomic E-state index is 0.138. The Balaban J connectivity index is 1.40. The van der Waals surface area contributed by atoms with Gasteiger partial charge >= 0.3 is 0 Å². The first kappa shape index (κ1) is 18.9. The summed E-state index contributed by atoms with van der Waals surface area (Å²) in [4.78, 5) is 6.42. The minimum absolute atomic E-state index is 0.138. The quantitative estimate of drug-likeness (QED) is 0.490. The van der Waals surface area contributed by atoms with Crippen LogP contribution in [0.5, 0.6) is 5.75 Å². The molecule has 3 aromatic carbocycles. The van der Waals surface area contributed by atoms with Gasteiger partial charge in [0.05, 0.1) is 23.2 Å². The third-order valence-corrected chi connectivity index (χ3v) is 5.49. The van der Waals surface area contributed by atoms with Crippen molar-refractivity contribution in [2.75, 3.05) is 11.4 Å². The van der Waals surface area contributed by atoms with Gasteiger partial charge in [0.25, 0.3) is 0 Å². The van der Waals surface area contributed by atoms with Crippen molar-refractivity contribution < 1.29 is 9.84 Å². The molecular weight excluding hydrogens is 388 g/mol. The van der Waals surface area contributed by atoms with Crippen molar-refractivity contribution in [3.8, 4) is 5.75 Å². The van der Waals surface area contributed by atoms with Gasteiger partial charge in [-0.05, 0) is 29.8 Å². The van der Waals surface area contributed by atoms with Gasteiger partial charge in [0.1, 0.15) is 29.8 Å². The molecule has 0 bridgehead atoms. The summed E-state index contributed by atoms with van der Waals surface area (Å²) in [5.41, 5.74) is 4.12. The average Bonchev–Trinajstić information content (AvgIpc) is 3.28. The van der Waals surface area contributed by atoms with Crippen LogP contribution < -0.4 is 9.64 Å². The van der Waals surface area contributed by atoms with Gasteiger partial charge in [0, 0.05) is 18.8 Å². The third kappa shape index (κ3) is 3.42. The Morgan fingerprint density at radius 3 is 2.58 bits per heavy atom. The molecule has 0 unspecified atom stereocenters. The summed E-state index contributed by atoms with van der Waals surface area (Å²) in [5.74, 6) is 1.66. The van der Waals surface area contributed by atoms with Crippen LogP contribution in [-0.2, 0) is 13.7 Å². The van der Waals surface area contributed by atoms with E-state index in [1.54, 1.807) is 4.90 Å². The molecule has 31 heavy (non-hydrogen) atoms. The molecule has 1 aliphatic rings. The summed E-state index contributed by atoms with van der Waals surface area (Å²) in [5, 5.41) is 19.5. The monoisotopic (exact) mass is 410 g/mol. The largest absolute Gasteiger partial charge is 0.509 e. The molecule has 6 heteroatoms. The van der Waals surface area contributed by atoms with Crippen molar-refractivity contribution in [2.45, 2.75) is 6.61 Å². The van der Waals surface area contributed by atoms with Crippen LogP contribution in [0.1, 0.15) is 11.4 Å². The predicted molar refractivity (Wildman–Crippen MR) is 123 cm³/mol. The second kappa shape index (κ2) is 7.65. The number of benzene rings is 3. The first-order chi connectivity index (χ1) is 15.1. The number of aliphatic hydroxyl groups is 1. The van der Waals surface area contributed by atoms with E-state index in [1.165, 1.54) is 0 Å². The number of aromatic nitrogens is 2. The number of hydrogen-bond acceptors (Lipinski definition) is 4. The number of nitrogens with one attached hydrogen (secondary N) is 1. The van der Waals surface area contributed by atoms with Crippen molar-refractivity contribution in [1.29, 1.82) is 5.41 Å². The molecule has 1 aromatic heterocycles. The van der Waals surface area contributed by atoms with E-state index in [1.807, 2.05) is 90.5 Å². The van der Waals surface area contributed by atoms with Crippen LogP contribution in [0.25, 0.3) is 16.6 Å². The third-order valence-electron chi connectivity index (χ3n) is 5.49. The number of ether oxygens (including phenoxy) is 1. The molecule has 0 aliphatic carbocycles. The molecule has 0 saturated carbocycles. The lowest BCUT2D eigenvalue weighted by atomic mass is 10.2. The number of nitrogens with zero attached hydrogens (tertiary/aromatic N) is 3. The highest BCUT2D eigenvalue weighted by Crippen LogP contribution is 2.33. The van der Waals surface area contributed by atoms with Gasteiger partial charge in [-0.3, -0.25) is 5.41 Å². The van der Waals surface area contributed by atoms with Crippen molar-refractivity contribution in [3.05, 3.63) is 96.0 Å². The number of fused-ring (bicyclic) bond motifs is 1. The van der Waals surface area contributed by atoms with Crippen LogP contribution in [0.2, 0.25) is 0 Å². The van der Waals surface area contributed by atoms with Crippen molar-refractivity contribution in [2.24, 2.45) is 7.05 Å². The number of imidazole rings is 1. The lowest BCUT2D eigenvalue weighted by Gasteiger charge is -2.19. The summed E-state index contributed by atoms with van der Waals surface area (Å²) in [6, 6.07) is 25.4. The molecule has 4 aromatic rings. The van der Waals surface area contributed by atoms with Crippen molar-refractivity contribution in [1.82, 2.24) is 9.55 Å². The van der Waals surface area contributed by atoms with E-state index in [0.717, 1.165) is 22.3 Å². The summed E-state index contributed by atoms with van der Waals surface area (Å²) < 4.78 is 7.85. The van der Waals surface area contributed by atoms with Crippen LogP contribution in [0.4, 0.5) is 5.69 Å². The highest BCUT2D eigenvalue weighted by Gasteiger charge is 2.32. The number of aliphatic hydroxyl groups excluding tert-OH is 1. The fraction of sp³-hybridized carbons (Fsp3) is 0.120. The fourth-order valence-corrected chi connectivity index (χ4v) is 3.89. The van der Waals surface area contributed by atoms with Gasteiger partial charge in [-0.25, -0.2) is 4.98 Å². The highest BCUT2D eigenvalue weighted by atomic mass is 16.5. The zero-order valence-electron chi connectivity index (χ0n) is 17.1. The number of aryl methyl sites for hydroxylation is 1. The lowest BCUT2D eigenvalue weighted by Crippen LogP contribution is -2.26. The summed E-state index contributed by atoms with van der Waals surface area (Å²) in [6.07, 6.45) is 0. The second-order valence-corrected chi connectivity index (χ2v) is 7.51. The van der Waals surface area contributed by atoms with E-state index in [0.29, 0.717) is 23.8 Å². The molecule has 0 saturated heterocycles. The van der Waals surface area contributed by atoms with Crippen LogP contribution in [0.15, 0.2) is 84.6 Å². The Kier molecular flexibility index (Phi) is 4.67. The maximum Gasteiger partial charge on any atom is 0.148 e. The van der Waals surface area contributed by atoms with E-state index in [4.69, 9.17) is 10.1 Å². The molecule has 0 atom stereocenters. The SMILES string of the molecule is Cn1c(C2=C(O)CN(c3cccc(OCc4ccccc4)c3)C2=N)nc2ccccc21. The maximum absolute atomic E-state index is 10.7. The van der Waals surface area contributed by atoms with E-state index >= 15 is 0 Å². The number of rotatable bonds is 5. The summed E-state index contributed by atoms with van der Waals surface area (Å²) in [6.45, 7) is 0.690. The van der Waals surface area contributed by atoms with E-state index in [2.05, 4.69) is 4.98 Å². The Morgan fingerprint density at radius 2 is 1.77 bits per heavy atom. The Hall–Kier alpha value is -4.06. The molecule has 5 rings (SSSR count). The molecule has 2 N–H and O–H groups in total. The maximum atomic E-state index is 10.7.